The summed E-state index contributed by atoms with van der Waals surface area (Å²) in [5.41, 5.74) is 1.90. The SMILES string of the molecule is O=C(CNC1CC1)c1cccc2c1OCC2. The lowest BCUT2D eigenvalue weighted by Gasteiger charge is -2.07. The number of rotatable bonds is 4. The quantitative estimate of drug-likeness (QED) is 0.778. The molecule has 1 aliphatic carbocycles. The number of Topliss-reactive ketones (excluding diaryl/α,β-unsaturated/α-hetero) is 1. The van der Waals surface area contributed by atoms with Crippen LogP contribution < -0.4 is 10.1 Å². The largest absolute Gasteiger partial charge is 0.492 e. The topological polar surface area (TPSA) is 38.3 Å². The summed E-state index contributed by atoms with van der Waals surface area (Å²) in [6.45, 7) is 1.14. The number of ether oxygens (including phenoxy) is 1. The molecule has 84 valence electrons. The van der Waals surface area contributed by atoms with E-state index in [9.17, 15) is 4.79 Å². The fourth-order valence-electron chi connectivity index (χ4n) is 2.05. The highest BCUT2D eigenvalue weighted by Crippen LogP contribution is 2.29. The van der Waals surface area contributed by atoms with Crippen molar-refractivity contribution in [3.8, 4) is 5.75 Å². The molecule has 1 fully saturated rings. The predicted molar refractivity (Wildman–Crippen MR) is 61.0 cm³/mol. The van der Waals surface area contributed by atoms with Crippen molar-refractivity contribution >= 4 is 5.78 Å². The van der Waals surface area contributed by atoms with Gasteiger partial charge in [0.05, 0.1) is 18.7 Å². The maximum absolute atomic E-state index is 12.0. The van der Waals surface area contributed by atoms with Gasteiger partial charge in [0.1, 0.15) is 5.75 Å². The second kappa shape index (κ2) is 3.91. The Kier molecular flexibility index (Phi) is 2.40. The minimum atomic E-state index is 0.144. The standard InChI is InChI=1S/C13H15NO2/c15-12(8-14-10-4-5-10)11-3-1-2-9-6-7-16-13(9)11/h1-3,10,14H,4-8H2. The van der Waals surface area contributed by atoms with Crippen LogP contribution in [0, 0.1) is 0 Å². The first-order chi connectivity index (χ1) is 7.84. The highest BCUT2D eigenvalue weighted by Gasteiger charge is 2.24. The Hall–Kier alpha value is -1.35. The highest BCUT2D eigenvalue weighted by atomic mass is 16.5. The fraction of sp³-hybridized carbons (Fsp3) is 0.462. The summed E-state index contributed by atoms with van der Waals surface area (Å²) < 4.78 is 5.52. The number of para-hydroxylation sites is 1. The third kappa shape index (κ3) is 1.83. The van der Waals surface area contributed by atoms with E-state index >= 15 is 0 Å². The Balaban J connectivity index is 1.77. The van der Waals surface area contributed by atoms with E-state index < -0.39 is 0 Å². The van der Waals surface area contributed by atoms with E-state index in [0.717, 1.165) is 23.3 Å². The lowest BCUT2D eigenvalue weighted by molar-refractivity contribution is 0.0987. The van der Waals surface area contributed by atoms with Gasteiger partial charge in [-0.2, -0.15) is 0 Å². The number of nitrogens with one attached hydrogen (secondary N) is 1. The molecule has 0 atom stereocenters. The first-order valence-corrected chi connectivity index (χ1v) is 5.86. The molecule has 1 aromatic rings. The van der Waals surface area contributed by atoms with Crippen LogP contribution in [0.4, 0.5) is 0 Å². The third-order valence-electron chi connectivity index (χ3n) is 3.14. The van der Waals surface area contributed by atoms with E-state index in [-0.39, 0.29) is 5.78 Å². The first-order valence-electron chi connectivity index (χ1n) is 5.86. The summed E-state index contributed by atoms with van der Waals surface area (Å²) in [7, 11) is 0. The normalized spacial score (nSPS) is 18.0. The molecular formula is C13H15NO2. The molecule has 1 aromatic carbocycles. The number of hydrogen-bond donors (Lipinski definition) is 1. The van der Waals surface area contributed by atoms with Gasteiger partial charge in [-0.25, -0.2) is 0 Å². The summed E-state index contributed by atoms with van der Waals surface area (Å²) in [6, 6.07) is 6.41. The predicted octanol–water partition coefficient (Wildman–Crippen LogP) is 1.56. The molecule has 0 bridgehead atoms. The minimum Gasteiger partial charge on any atom is -0.492 e. The molecule has 3 rings (SSSR count). The zero-order valence-electron chi connectivity index (χ0n) is 9.16. The molecule has 0 spiro atoms. The van der Waals surface area contributed by atoms with Crippen molar-refractivity contribution in [2.24, 2.45) is 0 Å². The van der Waals surface area contributed by atoms with E-state index in [2.05, 4.69) is 5.32 Å². The number of fused-ring (bicyclic) bond motifs is 1. The van der Waals surface area contributed by atoms with Gasteiger partial charge in [0, 0.05) is 12.5 Å². The third-order valence-corrected chi connectivity index (χ3v) is 3.14. The van der Waals surface area contributed by atoms with Gasteiger partial charge in [0.2, 0.25) is 0 Å². The second-order valence-corrected chi connectivity index (χ2v) is 4.47. The molecule has 1 N–H and O–H groups in total. The summed E-state index contributed by atoms with van der Waals surface area (Å²) in [5, 5.41) is 3.24. The van der Waals surface area contributed by atoms with Gasteiger partial charge in [-0.15, -0.1) is 0 Å². The molecule has 16 heavy (non-hydrogen) atoms. The van der Waals surface area contributed by atoms with Crippen LogP contribution in [0.3, 0.4) is 0 Å². The smallest absolute Gasteiger partial charge is 0.180 e. The van der Waals surface area contributed by atoms with Crippen molar-refractivity contribution in [3.63, 3.8) is 0 Å². The number of carbonyl (C=O) groups excluding carboxylic acids is 1. The molecule has 3 nitrogen and oxygen atoms in total. The number of carbonyl (C=O) groups is 1. The molecule has 1 saturated carbocycles. The van der Waals surface area contributed by atoms with Crippen LogP contribution in [0.1, 0.15) is 28.8 Å². The molecule has 0 saturated heterocycles. The van der Waals surface area contributed by atoms with Crippen molar-refractivity contribution in [1.82, 2.24) is 5.32 Å². The van der Waals surface area contributed by atoms with Gasteiger partial charge in [-0.05, 0) is 24.5 Å². The van der Waals surface area contributed by atoms with Crippen LogP contribution in [-0.4, -0.2) is 25.0 Å². The molecule has 1 heterocycles. The van der Waals surface area contributed by atoms with Gasteiger partial charge in [-0.1, -0.05) is 12.1 Å². The summed E-state index contributed by atoms with van der Waals surface area (Å²) in [6.07, 6.45) is 3.33. The van der Waals surface area contributed by atoms with Crippen molar-refractivity contribution in [3.05, 3.63) is 29.3 Å². The van der Waals surface area contributed by atoms with Crippen LogP contribution in [-0.2, 0) is 6.42 Å². The fourth-order valence-corrected chi connectivity index (χ4v) is 2.05. The van der Waals surface area contributed by atoms with Gasteiger partial charge < -0.3 is 10.1 Å². The Morgan fingerprint density at radius 1 is 1.44 bits per heavy atom. The van der Waals surface area contributed by atoms with Crippen LogP contribution >= 0.6 is 0 Å². The number of benzene rings is 1. The van der Waals surface area contributed by atoms with Gasteiger partial charge in [0.25, 0.3) is 0 Å². The molecule has 3 heteroatoms. The summed E-state index contributed by atoms with van der Waals surface area (Å²) >= 11 is 0. The Morgan fingerprint density at radius 3 is 3.12 bits per heavy atom. The molecular weight excluding hydrogens is 202 g/mol. The van der Waals surface area contributed by atoms with E-state index in [0.29, 0.717) is 19.2 Å². The maximum Gasteiger partial charge on any atom is 0.180 e. The van der Waals surface area contributed by atoms with Gasteiger partial charge >= 0.3 is 0 Å². The van der Waals surface area contributed by atoms with Crippen LogP contribution in [0.15, 0.2) is 18.2 Å². The second-order valence-electron chi connectivity index (χ2n) is 4.47. The Bertz CT molecular complexity index is 424. The highest BCUT2D eigenvalue weighted by molar-refractivity contribution is 6.00. The monoisotopic (exact) mass is 217 g/mol. The summed E-state index contributed by atoms with van der Waals surface area (Å²) in [4.78, 5) is 12.0. The average Bonchev–Trinajstić information content (AvgIpc) is 3.01. The van der Waals surface area contributed by atoms with E-state index in [1.807, 2.05) is 18.2 Å². The lowest BCUT2D eigenvalue weighted by Crippen LogP contribution is -2.25. The van der Waals surface area contributed by atoms with Crippen molar-refractivity contribution in [2.45, 2.75) is 25.3 Å². The van der Waals surface area contributed by atoms with Crippen molar-refractivity contribution < 1.29 is 9.53 Å². The minimum absolute atomic E-state index is 0.144. The van der Waals surface area contributed by atoms with Gasteiger partial charge in [-0.3, -0.25) is 4.79 Å². The zero-order valence-corrected chi connectivity index (χ0v) is 9.16. The van der Waals surface area contributed by atoms with E-state index in [1.54, 1.807) is 0 Å². The molecule has 0 radical (unpaired) electrons. The Labute approximate surface area is 94.8 Å². The van der Waals surface area contributed by atoms with Crippen LogP contribution in [0.25, 0.3) is 0 Å². The first kappa shape index (κ1) is 9.85. The maximum atomic E-state index is 12.0. The summed E-state index contributed by atoms with van der Waals surface area (Å²) in [5.74, 6) is 0.954. The Morgan fingerprint density at radius 2 is 2.31 bits per heavy atom. The van der Waals surface area contributed by atoms with Crippen molar-refractivity contribution in [1.29, 1.82) is 0 Å². The average molecular weight is 217 g/mol. The molecule has 0 unspecified atom stereocenters. The van der Waals surface area contributed by atoms with Crippen molar-refractivity contribution in [2.75, 3.05) is 13.2 Å². The van der Waals surface area contributed by atoms with Crippen LogP contribution in [0.2, 0.25) is 0 Å². The zero-order chi connectivity index (χ0) is 11.0. The molecule has 2 aliphatic rings. The molecule has 0 amide bonds. The number of hydrogen-bond acceptors (Lipinski definition) is 3. The van der Waals surface area contributed by atoms with Gasteiger partial charge in [0.15, 0.2) is 5.78 Å². The van der Waals surface area contributed by atoms with E-state index in [1.165, 1.54) is 12.8 Å². The lowest BCUT2D eigenvalue weighted by atomic mass is 10.0. The molecule has 0 aromatic heterocycles. The van der Waals surface area contributed by atoms with E-state index in [4.69, 9.17) is 4.74 Å². The van der Waals surface area contributed by atoms with Crippen LogP contribution in [0.5, 0.6) is 5.75 Å². The molecule has 1 aliphatic heterocycles. The number of ketones is 1.